The maximum atomic E-state index is 2.64. The summed E-state index contributed by atoms with van der Waals surface area (Å²) in [7, 11) is 0. The van der Waals surface area contributed by atoms with Crippen molar-refractivity contribution < 1.29 is 0 Å². The Labute approximate surface area is 429 Å². The number of hydrogen-bond donors (Lipinski definition) is 0. The number of hydrogen-bond acceptors (Lipinski definition) is 3. The molecule has 72 heavy (non-hydrogen) atoms. The van der Waals surface area contributed by atoms with Crippen LogP contribution in [0.25, 0.3) is 43.5 Å². The van der Waals surface area contributed by atoms with Crippen LogP contribution in [0.3, 0.4) is 0 Å². The van der Waals surface area contributed by atoms with Crippen molar-refractivity contribution in [1.29, 1.82) is 0 Å². The van der Waals surface area contributed by atoms with Crippen molar-refractivity contribution in [3.05, 3.63) is 233 Å². The Bertz CT molecular complexity index is 3810. The standard InChI is InChI=1S/C68H57BN2S/c1-41(2)43-37-59-63-60(38-43)71(45-24-13-10-14-25-45)64-50-39-49-48-28-17-20-31-53(48)68(51-29-18-15-26-46(51)47-27-16-19-30-52(47)68)56(49)40-61(50)72-65(64)69(63)57-35-34-42(36-58(57)70(59)44-22-11-9-12-23-44)62-54(66(3,4)5)32-21-33-55(62)67(6,7)8/h9-41H,1-8H3. The Kier molecular flexibility index (Phi) is 9.23. The molecule has 0 amide bonds. The van der Waals surface area contributed by atoms with E-state index in [0.29, 0.717) is 5.92 Å². The largest absolute Gasteiger partial charge is 0.311 e. The minimum Gasteiger partial charge on any atom is -0.311 e. The van der Waals surface area contributed by atoms with Gasteiger partial charge in [-0.3, -0.25) is 0 Å². The summed E-state index contributed by atoms with van der Waals surface area (Å²) in [5.41, 5.74) is 27.1. The molecule has 0 saturated carbocycles. The Balaban J connectivity index is 1.10. The normalized spacial score (nSPS) is 14.5. The molecule has 4 aliphatic rings. The van der Waals surface area contributed by atoms with Crippen LogP contribution >= 0.6 is 11.3 Å². The Morgan fingerprint density at radius 1 is 0.472 bits per heavy atom. The second-order valence-electron chi connectivity index (χ2n) is 23.0. The number of fused-ring (bicyclic) bond motifs is 16. The highest BCUT2D eigenvalue weighted by molar-refractivity contribution is 7.33. The summed E-state index contributed by atoms with van der Waals surface area (Å²) in [6.07, 6.45) is 0. The minimum atomic E-state index is -0.418. The lowest BCUT2D eigenvalue weighted by atomic mass is 9.36. The molecule has 0 N–H and O–H groups in total. The lowest BCUT2D eigenvalue weighted by Gasteiger charge is -2.44. The van der Waals surface area contributed by atoms with E-state index in [9.17, 15) is 0 Å². The molecule has 14 rings (SSSR count). The Morgan fingerprint density at radius 3 is 1.54 bits per heavy atom. The molecule has 2 nitrogen and oxygen atoms in total. The third-order valence-electron chi connectivity index (χ3n) is 16.5. The molecule has 0 fully saturated rings. The van der Waals surface area contributed by atoms with Gasteiger partial charge in [0.2, 0.25) is 0 Å². The molecule has 3 heterocycles. The molecule has 348 valence electrons. The van der Waals surface area contributed by atoms with Crippen LogP contribution in [0.2, 0.25) is 0 Å². The molecule has 0 bridgehead atoms. The zero-order chi connectivity index (χ0) is 49.0. The van der Waals surface area contributed by atoms with Gasteiger partial charge in [-0.15, -0.1) is 11.3 Å². The average Bonchev–Trinajstić information content (AvgIpc) is 4.02. The van der Waals surface area contributed by atoms with Crippen molar-refractivity contribution >= 4 is 78.0 Å². The molecule has 1 aromatic heterocycles. The lowest BCUT2D eigenvalue weighted by Crippen LogP contribution is -2.60. The molecule has 10 aromatic rings. The monoisotopic (exact) mass is 944 g/mol. The van der Waals surface area contributed by atoms with Crippen LogP contribution in [0, 0.1) is 0 Å². The predicted octanol–water partition coefficient (Wildman–Crippen LogP) is 16.7. The van der Waals surface area contributed by atoms with Crippen LogP contribution in [-0.2, 0) is 16.2 Å². The van der Waals surface area contributed by atoms with Crippen LogP contribution in [-0.4, -0.2) is 6.71 Å². The molecule has 2 aliphatic heterocycles. The van der Waals surface area contributed by atoms with Gasteiger partial charge >= 0.3 is 0 Å². The fraction of sp³-hybridized carbons (Fsp3) is 0.176. The van der Waals surface area contributed by atoms with Gasteiger partial charge in [0.05, 0.1) is 11.1 Å². The van der Waals surface area contributed by atoms with E-state index in [2.05, 4.69) is 259 Å². The van der Waals surface area contributed by atoms with Crippen molar-refractivity contribution in [3.8, 4) is 33.4 Å². The van der Waals surface area contributed by atoms with Gasteiger partial charge in [0, 0.05) is 43.3 Å². The first-order valence-electron chi connectivity index (χ1n) is 25.9. The quantitative estimate of drug-likeness (QED) is 0.162. The summed E-state index contributed by atoms with van der Waals surface area (Å²) in [5, 5.41) is 1.31. The first kappa shape index (κ1) is 43.4. The second kappa shape index (κ2) is 15.3. The van der Waals surface area contributed by atoms with Crippen LogP contribution in [0.4, 0.5) is 34.1 Å². The van der Waals surface area contributed by atoms with E-state index in [1.807, 2.05) is 11.3 Å². The molecule has 0 atom stereocenters. The number of benzene rings is 9. The van der Waals surface area contributed by atoms with Gasteiger partial charge < -0.3 is 9.80 Å². The van der Waals surface area contributed by atoms with E-state index < -0.39 is 5.41 Å². The highest BCUT2D eigenvalue weighted by Gasteiger charge is 2.53. The molecule has 2 aliphatic carbocycles. The van der Waals surface area contributed by atoms with Crippen LogP contribution in [0.1, 0.15) is 100 Å². The third-order valence-corrected chi connectivity index (χ3v) is 17.7. The average molecular weight is 945 g/mol. The van der Waals surface area contributed by atoms with E-state index in [-0.39, 0.29) is 17.5 Å². The smallest absolute Gasteiger partial charge is 0.264 e. The Hall–Kier alpha value is -7.40. The van der Waals surface area contributed by atoms with Crippen LogP contribution < -0.4 is 25.5 Å². The first-order chi connectivity index (χ1) is 34.8. The van der Waals surface area contributed by atoms with Gasteiger partial charge in [0.15, 0.2) is 0 Å². The summed E-state index contributed by atoms with van der Waals surface area (Å²) in [5.74, 6) is 0.301. The molecule has 0 saturated heterocycles. The highest BCUT2D eigenvalue weighted by Crippen LogP contribution is 2.64. The van der Waals surface area contributed by atoms with Crippen molar-refractivity contribution in [2.75, 3.05) is 9.80 Å². The molecule has 1 spiro atoms. The Morgan fingerprint density at radius 2 is 0.986 bits per heavy atom. The van der Waals surface area contributed by atoms with E-state index >= 15 is 0 Å². The number of thiophene rings is 1. The SMILES string of the molecule is CC(C)c1cc2c3c(c1)N(c1ccccc1)c1c(sc4cc5c(cc14)-c1ccccc1C51c4ccccc4-c4ccccc41)B3c1ccc(-c3c(C(C)(C)C)cccc3C(C)(C)C)cc1N2c1ccccc1. The summed E-state index contributed by atoms with van der Waals surface area (Å²) in [6, 6.07) is 74.7. The predicted molar refractivity (Wildman–Crippen MR) is 309 cm³/mol. The zero-order valence-corrected chi connectivity index (χ0v) is 43.2. The minimum absolute atomic E-state index is 0.00319. The van der Waals surface area contributed by atoms with E-state index in [0.717, 1.165) is 0 Å². The van der Waals surface area contributed by atoms with Gasteiger partial charge in [-0.2, -0.15) is 0 Å². The molecule has 9 aromatic carbocycles. The second-order valence-corrected chi connectivity index (χ2v) is 24.1. The maximum absolute atomic E-state index is 2.64. The first-order valence-corrected chi connectivity index (χ1v) is 26.7. The van der Waals surface area contributed by atoms with E-state index in [1.54, 1.807) is 0 Å². The molecule has 0 radical (unpaired) electrons. The molecule has 4 heteroatoms. The van der Waals surface area contributed by atoms with Crippen molar-refractivity contribution in [1.82, 2.24) is 0 Å². The van der Waals surface area contributed by atoms with Gasteiger partial charge in [-0.05, 0) is 155 Å². The van der Waals surface area contributed by atoms with Gasteiger partial charge in [0.25, 0.3) is 6.71 Å². The van der Waals surface area contributed by atoms with Crippen molar-refractivity contribution in [2.24, 2.45) is 0 Å². The number of anilines is 6. The van der Waals surface area contributed by atoms with Gasteiger partial charge in [-0.1, -0.05) is 195 Å². The number of rotatable bonds is 4. The summed E-state index contributed by atoms with van der Waals surface area (Å²) < 4.78 is 2.72. The molecular formula is C68H57BN2S. The van der Waals surface area contributed by atoms with Crippen molar-refractivity contribution in [2.45, 2.75) is 77.6 Å². The van der Waals surface area contributed by atoms with Gasteiger partial charge in [-0.25, -0.2) is 0 Å². The maximum Gasteiger partial charge on any atom is 0.264 e. The molecule has 0 unspecified atom stereocenters. The fourth-order valence-electron chi connectivity index (χ4n) is 13.4. The summed E-state index contributed by atoms with van der Waals surface area (Å²) in [6.45, 7) is 18.9. The number of para-hydroxylation sites is 2. The van der Waals surface area contributed by atoms with E-state index in [4.69, 9.17) is 0 Å². The van der Waals surface area contributed by atoms with Gasteiger partial charge in [0.1, 0.15) is 0 Å². The summed E-state index contributed by atoms with van der Waals surface area (Å²) in [4.78, 5) is 5.23. The molecular weight excluding hydrogens is 888 g/mol. The topological polar surface area (TPSA) is 6.48 Å². The zero-order valence-electron chi connectivity index (χ0n) is 42.4. The van der Waals surface area contributed by atoms with E-state index in [1.165, 1.54) is 132 Å². The third kappa shape index (κ3) is 5.90. The fourth-order valence-corrected chi connectivity index (χ4v) is 14.7. The van der Waals surface area contributed by atoms with Crippen molar-refractivity contribution in [3.63, 3.8) is 0 Å². The van der Waals surface area contributed by atoms with Crippen LogP contribution in [0.5, 0.6) is 0 Å². The lowest BCUT2D eigenvalue weighted by molar-refractivity contribution is 0.572. The highest BCUT2D eigenvalue weighted by atomic mass is 32.1. The van der Waals surface area contributed by atoms with Crippen LogP contribution in [0.15, 0.2) is 194 Å². The summed E-state index contributed by atoms with van der Waals surface area (Å²) >= 11 is 2.01. The number of nitrogens with zero attached hydrogens (tertiary/aromatic N) is 2.